The molecular formula is C34H36ClF3N4O7S. The van der Waals surface area contributed by atoms with Crippen LogP contribution in [0.1, 0.15) is 54.0 Å². The van der Waals surface area contributed by atoms with Crippen LogP contribution in [0.4, 0.5) is 13.2 Å². The maximum absolute atomic E-state index is 13.9. The van der Waals surface area contributed by atoms with Gasteiger partial charge in [0.15, 0.2) is 0 Å². The molecule has 50 heavy (non-hydrogen) atoms. The first kappa shape index (κ1) is 39.7. The lowest BCUT2D eigenvalue weighted by Crippen LogP contribution is -2.55. The number of halogens is 4. The van der Waals surface area contributed by atoms with Gasteiger partial charge in [0.25, 0.3) is 27.6 Å². The minimum Gasteiger partial charge on any atom is -0.344 e. The van der Waals surface area contributed by atoms with Crippen LogP contribution in [-0.4, -0.2) is 67.5 Å². The van der Waals surface area contributed by atoms with Gasteiger partial charge in [-0.25, -0.2) is 13.1 Å². The zero-order valence-electron chi connectivity index (χ0n) is 27.5. The Bertz CT molecular complexity index is 1800. The van der Waals surface area contributed by atoms with Crippen molar-refractivity contribution in [2.45, 2.75) is 57.4 Å². The van der Waals surface area contributed by atoms with Crippen molar-refractivity contribution in [2.24, 2.45) is 11.8 Å². The summed E-state index contributed by atoms with van der Waals surface area (Å²) < 4.78 is 66.7. The molecule has 0 aliphatic heterocycles. The Kier molecular flexibility index (Phi) is 13.3. The maximum Gasteiger partial charge on any atom is 0.452 e. The first-order valence-electron chi connectivity index (χ1n) is 15.3. The second-order valence-corrected chi connectivity index (χ2v) is 14.1. The van der Waals surface area contributed by atoms with Gasteiger partial charge in [0.05, 0.1) is 17.5 Å². The third kappa shape index (κ3) is 10.9. The van der Waals surface area contributed by atoms with Crippen LogP contribution in [0.3, 0.4) is 0 Å². The molecule has 0 saturated heterocycles. The number of benzene rings is 3. The zero-order chi connectivity index (χ0) is 37.4. The highest BCUT2D eigenvalue weighted by Crippen LogP contribution is 2.21. The fraction of sp³-hybridized carbons (Fsp3) is 0.324. The van der Waals surface area contributed by atoms with E-state index in [-0.39, 0.29) is 22.6 Å². The molecule has 0 radical (unpaired) electrons. The highest BCUT2D eigenvalue weighted by atomic mass is 35.5. The van der Waals surface area contributed by atoms with Gasteiger partial charge >= 0.3 is 6.18 Å². The van der Waals surface area contributed by atoms with E-state index in [1.807, 2.05) is 4.72 Å². The molecule has 3 rings (SSSR count). The van der Waals surface area contributed by atoms with E-state index in [4.69, 9.17) is 11.6 Å². The molecule has 0 aliphatic carbocycles. The van der Waals surface area contributed by atoms with Crippen LogP contribution in [0.5, 0.6) is 0 Å². The first-order valence-corrected chi connectivity index (χ1v) is 17.1. The van der Waals surface area contributed by atoms with E-state index in [9.17, 15) is 45.6 Å². The van der Waals surface area contributed by atoms with Gasteiger partial charge in [-0.2, -0.15) is 13.2 Å². The van der Waals surface area contributed by atoms with Crippen molar-refractivity contribution in [1.82, 2.24) is 20.3 Å². The van der Waals surface area contributed by atoms with Crippen LogP contribution in [0.25, 0.3) is 0 Å². The van der Waals surface area contributed by atoms with Gasteiger partial charge in [-0.3, -0.25) is 24.0 Å². The number of rotatable bonds is 14. The van der Waals surface area contributed by atoms with E-state index in [2.05, 4.69) is 10.6 Å². The summed E-state index contributed by atoms with van der Waals surface area (Å²) in [5, 5.41) is 5.02. The van der Waals surface area contributed by atoms with Gasteiger partial charge in [-0.05, 0) is 65.9 Å². The molecule has 3 aromatic rings. The minimum atomic E-state index is -5.19. The molecule has 0 heterocycles. The van der Waals surface area contributed by atoms with E-state index in [0.29, 0.717) is 10.6 Å². The Hall–Kier alpha value is -4.76. The van der Waals surface area contributed by atoms with E-state index < -0.39 is 76.1 Å². The molecule has 0 aromatic heterocycles. The Morgan fingerprint density at radius 1 is 0.740 bits per heavy atom. The molecule has 1 unspecified atom stereocenters. The van der Waals surface area contributed by atoms with Crippen LogP contribution in [0.2, 0.25) is 5.02 Å². The van der Waals surface area contributed by atoms with Crippen LogP contribution in [0.15, 0.2) is 83.8 Å². The minimum absolute atomic E-state index is 0.0124. The van der Waals surface area contributed by atoms with Crippen molar-refractivity contribution in [3.8, 4) is 0 Å². The van der Waals surface area contributed by atoms with E-state index in [1.165, 1.54) is 62.4 Å². The van der Waals surface area contributed by atoms with Gasteiger partial charge in [0.1, 0.15) is 6.04 Å². The van der Waals surface area contributed by atoms with Gasteiger partial charge in [0.2, 0.25) is 11.8 Å². The summed E-state index contributed by atoms with van der Waals surface area (Å²) >= 11 is 5.79. The van der Waals surface area contributed by atoms with Gasteiger partial charge in [0, 0.05) is 22.7 Å². The van der Waals surface area contributed by atoms with Crippen molar-refractivity contribution in [3.05, 3.63) is 101 Å². The standard InChI is InChI=1S/C34H36ClF3N4O7S/c1-20(2)28(30(44)34(36,37)38)39-27(43)19-42(18-22-8-6-5-7-9-22)33(47)29(21(3)4)40-31(45)23-10-12-24(13-11-23)32(46)41-50(48,49)26-16-14-25(35)15-17-26/h5-17,20-21,28-29H,18-19H2,1-4H3,(H,39,43)(H,40,45)(H,41,46)/t28?,29-/m0/s1. The van der Waals surface area contributed by atoms with Crippen LogP contribution >= 0.6 is 11.6 Å². The first-order chi connectivity index (χ1) is 23.3. The topological polar surface area (TPSA) is 159 Å². The molecule has 0 fully saturated rings. The monoisotopic (exact) mass is 736 g/mol. The number of nitrogens with one attached hydrogen (secondary N) is 3. The molecule has 0 aliphatic rings. The molecule has 0 spiro atoms. The molecule has 3 N–H and O–H groups in total. The molecule has 3 aromatic carbocycles. The summed E-state index contributed by atoms with van der Waals surface area (Å²) in [6.45, 7) is 5.09. The number of alkyl halides is 3. The molecule has 16 heteroatoms. The van der Waals surface area contributed by atoms with Gasteiger partial charge in [-0.15, -0.1) is 0 Å². The van der Waals surface area contributed by atoms with E-state index >= 15 is 0 Å². The number of nitrogens with zero attached hydrogens (tertiary/aromatic N) is 1. The molecule has 0 bridgehead atoms. The SMILES string of the molecule is CC(C)C(NC(=O)CN(Cc1ccccc1)C(=O)[C@@H](NC(=O)c1ccc(C(=O)NS(=O)(=O)c2ccc(Cl)cc2)cc1)C(C)C)C(=O)C(F)(F)F. The number of ketones is 1. The van der Waals surface area contributed by atoms with Crippen LogP contribution < -0.4 is 15.4 Å². The second-order valence-electron chi connectivity index (χ2n) is 12.0. The third-order valence-electron chi connectivity index (χ3n) is 7.39. The zero-order valence-corrected chi connectivity index (χ0v) is 29.0. The van der Waals surface area contributed by atoms with Gasteiger partial charge in [-0.1, -0.05) is 69.6 Å². The predicted molar refractivity (Wildman–Crippen MR) is 178 cm³/mol. The van der Waals surface area contributed by atoms with Crippen molar-refractivity contribution >= 4 is 51.0 Å². The predicted octanol–water partition coefficient (Wildman–Crippen LogP) is 4.51. The smallest absolute Gasteiger partial charge is 0.344 e. The number of hydrogen-bond donors (Lipinski definition) is 3. The highest BCUT2D eigenvalue weighted by Gasteiger charge is 2.45. The molecule has 11 nitrogen and oxygen atoms in total. The van der Waals surface area contributed by atoms with Crippen molar-refractivity contribution in [2.75, 3.05) is 6.54 Å². The number of sulfonamides is 1. The van der Waals surface area contributed by atoms with E-state index in [0.717, 1.165) is 4.90 Å². The summed E-state index contributed by atoms with van der Waals surface area (Å²) in [5.41, 5.74) is 0.513. The van der Waals surface area contributed by atoms with Crippen molar-refractivity contribution in [3.63, 3.8) is 0 Å². The quantitative estimate of drug-likeness (QED) is 0.220. The molecule has 268 valence electrons. The second kappa shape index (κ2) is 16.8. The summed E-state index contributed by atoms with van der Waals surface area (Å²) in [7, 11) is -4.22. The number of Topliss-reactive ketones (excluding diaryl/α,β-unsaturated/α-hetero) is 1. The van der Waals surface area contributed by atoms with Crippen molar-refractivity contribution in [1.29, 1.82) is 0 Å². The maximum atomic E-state index is 13.9. The Morgan fingerprint density at radius 3 is 1.76 bits per heavy atom. The largest absolute Gasteiger partial charge is 0.452 e. The average Bonchev–Trinajstić information content (AvgIpc) is 3.05. The molecule has 0 saturated carbocycles. The van der Waals surface area contributed by atoms with E-state index in [1.54, 1.807) is 44.2 Å². The highest BCUT2D eigenvalue weighted by molar-refractivity contribution is 7.90. The lowest BCUT2D eigenvalue weighted by atomic mass is 9.99. The molecule has 2 atom stereocenters. The lowest BCUT2D eigenvalue weighted by molar-refractivity contribution is -0.175. The van der Waals surface area contributed by atoms with Crippen LogP contribution in [-0.2, 0) is 31.0 Å². The Morgan fingerprint density at radius 2 is 1.26 bits per heavy atom. The van der Waals surface area contributed by atoms with Crippen LogP contribution in [0, 0.1) is 11.8 Å². The molecular weight excluding hydrogens is 701 g/mol. The fourth-order valence-electron chi connectivity index (χ4n) is 4.68. The summed E-state index contributed by atoms with van der Waals surface area (Å²) in [4.78, 5) is 65.7. The lowest BCUT2D eigenvalue weighted by Gasteiger charge is -2.30. The number of carbonyl (C=O) groups is 5. The normalized spacial score (nSPS) is 12.9. The Balaban J connectivity index is 1.78. The van der Waals surface area contributed by atoms with Crippen molar-refractivity contribution < 1.29 is 45.6 Å². The fourth-order valence-corrected chi connectivity index (χ4v) is 5.78. The van der Waals surface area contributed by atoms with Gasteiger partial charge < -0.3 is 15.5 Å². The summed E-state index contributed by atoms with van der Waals surface area (Å²) in [6.07, 6.45) is -5.19. The summed E-state index contributed by atoms with van der Waals surface area (Å²) in [6, 6.07) is 15.4. The number of carbonyl (C=O) groups excluding carboxylic acids is 5. The Labute approximate surface area is 292 Å². The summed E-state index contributed by atoms with van der Waals surface area (Å²) in [5.74, 6) is -7.00. The average molecular weight is 737 g/mol. The molecule has 4 amide bonds. The number of hydrogen-bond acceptors (Lipinski definition) is 7. The number of amides is 4. The third-order valence-corrected chi connectivity index (χ3v) is 8.99.